The van der Waals surface area contributed by atoms with Gasteiger partial charge in [0.05, 0.1) is 6.61 Å². The molecule has 0 radical (unpaired) electrons. The number of fused-ring (bicyclic) bond motifs is 3. The molecule has 33 heavy (non-hydrogen) atoms. The zero-order valence-electron chi connectivity index (χ0n) is 19.6. The molecule has 0 bridgehead atoms. The van der Waals surface area contributed by atoms with Gasteiger partial charge in [-0.2, -0.15) is 0 Å². The number of hydrogen-bond acceptors (Lipinski definition) is 6. The fourth-order valence-corrected chi connectivity index (χ4v) is 5.26. The Morgan fingerprint density at radius 2 is 1.61 bits per heavy atom. The van der Waals surface area contributed by atoms with E-state index < -0.39 is 14.4 Å². The third-order valence-corrected chi connectivity index (χ3v) is 8.13. The molecule has 3 heterocycles. The van der Waals surface area contributed by atoms with Crippen molar-refractivity contribution in [3.8, 4) is 0 Å². The maximum atomic E-state index is 6.51. The molecule has 3 aliphatic heterocycles. The second-order valence-corrected chi connectivity index (χ2v) is 15.8. The molecule has 2 aromatic carbocycles. The Kier molecular flexibility index (Phi) is 6.99. The van der Waals surface area contributed by atoms with Crippen LogP contribution in [0.25, 0.3) is 0 Å². The van der Waals surface area contributed by atoms with E-state index in [2.05, 4.69) is 31.8 Å². The molecular weight excluding hydrogens is 436 g/mol. The fraction of sp³-hybridized carbons (Fsp3) is 0.538. The SMILES string of the molecule is C[Si](C)(C)CCOCO[C@H](c1ccccc1)[C@H]1O[C@@H]2CO[C@@H](c3ccccc3)O[C@H]2[C@@H]2O[C@@H]21. The smallest absolute Gasteiger partial charge is 0.184 e. The molecule has 7 heteroatoms. The number of rotatable bonds is 9. The van der Waals surface area contributed by atoms with Gasteiger partial charge >= 0.3 is 0 Å². The van der Waals surface area contributed by atoms with Crippen LogP contribution in [0, 0.1) is 0 Å². The Labute approximate surface area is 197 Å². The topological polar surface area (TPSA) is 58.7 Å². The molecule has 2 aromatic rings. The maximum absolute atomic E-state index is 6.51. The largest absolute Gasteiger partial charge is 0.364 e. The third-order valence-electron chi connectivity index (χ3n) is 6.43. The van der Waals surface area contributed by atoms with Crippen molar-refractivity contribution < 1.29 is 28.4 Å². The first-order valence-corrected chi connectivity index (χ1v) is 15.6. The van der Waals surface area contributed by atoms with Crippen molar-refractivity contribution in [2.24, 2.45) is 0 Å². The Morgan fingerprint density at radius 3 is 2.33 bits per heavy atom. The van der Waals surface area contributed by atoms with Gasteiger partial charge in [0.15, 0.2) is 6.29 Å². The number of hydrogen-bond donors (Lipinski definition) is 0. The Balaban J connectivity index is 1.24. The highest BCUT2D eigenvalue weighted by Crippen LogP contribution is 2.47. The zero-order chi connectivity index (χ0) is 22.8. The summed E-state index contributed by atoms with van der Waals surface area (Å²) in [6.45, 7) is 8.45. The van der Waals surface area contributed by atoms with E-state index in [1.807, 2.05) is 48.5 Å². The second kappa shape index (κ2) is 9.96. The highest BCUT2D eigenvalue weighted by atomic mass is 28.3. The summed E-state index contributed by atoms with van der Waals surface area (Å²) in [6.07, 6.45) is -1.31. The molecule has 7 atom stereocenters. The molecule has 6 nitrogen and oxygen atoms in total. The average molecular weight is 471 g/mol. The molecule has 0 N–H and O–H groups in total. The van der Waals surface area contributed by atoms with E-state index in [1.165, 1.54) is 0 Å². The van der Waals surface area contributed by atoms with Crippen molar-refractivity contribution in [1.82, 2.24) is 0 Å². The zero-order valence-corrected chi connectivity index (χ0v) is 20.6. The van der Waals surface area contributed by atoms with Gasteiger partial charge in [-0.05, 0) is 11.6 Å². The molecule has 0 unspecified atom stereocenters. The normalized spacial score (nSPS) is 32.0. The molecule has 3 fully saturated rings. The molecule has 0 aliphatic carbocycles. The lowest BCUT2D eigenvalue weighted by atomic mass is 9.94. The van der Waals surface area contributed by atoms with Gasteiger partial charge < -0.3 is 28.4 Å². The molecule has 0 spiro atoms. The van der Waals surface area contributed by atoms with E-state index in [0.29, 0.717) is 6.61 Å². The van der Waals surface area contributed by atoms with Crippen LogP contribution in [-0.2, 0) is 28.4 Å². The van der Waals surface area contributed by atoms with Crippen LogP contribution in [0.2, 0.25) is 25.7 Å². The highest BCUT2D eigenvalue weighted by molar-refractivity contribution is 6.76. The molecule has 0 amide bonds. The van der Waals surface area contributed by atoms with Crippen molar-refractivity contribution in [2.45, 2.75) is 68.6 Å². The van der Waals surface area contributed by atoms with Gasteiger partial charge in [0, 0.05) is 20.2 Å². The van der Waals surface area contributed by atoms with E-state index in [1.54, 1.807) is 0 Å². The van der Waals surface area contributed by atoms with Gasteiger partial charge in [0.1, 0.15) is 43.4 Å². The highest BCUT2D eigenvalue weighted by Gasteiger charge is 2.62. The van der Waals surface area contributed by atoms with E-state index in [9.17, 15) is 0 Å². The molecule has 0 aromatic heterocycles. The predicted octanol–water partition coefficient (Wildman–Crippen LogP) is 4.71. The monoisotopic (exact) mass is 470 g/mol. The summed E-state index contributed by atoms with van der Waals surface area (Å²) in [4.78, 5) is 0. The predicted molar refractivity (Wildman–Crippen MR) is 127 cm³/mol. The maximum Gasteiger partial charge on any atom is 0.184 e. The molecule has 178 valence electrons. The Bertz CT molecular complexity index is 889. The first-order chi connectivity index (χ1) is 16.0. The lowest BCUT2D eigenvalue weighted by Gasteiger charge is -2.41. The standard InChI is InChI=1S/C26H34O6Si/c1-33(2,3)15-14-27-17-29-21(18-10-6-4-7-11-18)23-25-24(31-25)22-20(30-23)16-28-26(32-22)19-12-8-5-9-13-19/h4-13,20-26H,14-17H2,1-3H3/t20-,21-,22-,23-,24+,25-,26-/m1/s1. The summed E-state index contributed by atoms with van der Waals surface area (Å²) in [5, 5.41) is 0. The van der Waals surface area contributed by atoms with Crippen LogP contribution < -0.4 is 0 Å². The van der Waals surface area contributed by atoms with Gasteiger partial charge in [-0.1, -0.05) is 80.3 Å². The quantitative estimate of drug-likeness (QED) is 0.229. The van der Waals surface area contributed by atoms with Crippen molar-refractivity contribution in [3.05, 3.63) is 71.8 Å². The van der Waals surface area contributed by atoms with E-state index in [0.717, 1.165) is 23.8 Å². The molecule has 3 saturated heterocycles. The Hall–Kier alpha value is -1.58. The summed E-state index contributed by atoms with van der Waals surface area (Å²) < 4.78 is 37.0. The second-order valence-electron chi connectivity index (χ2n) is 10.2. The summed E-state index contributed by atoms with van der Waals surface area (Å²) in [5.41, 5.74) is 2.07. The average Bonchev–Trinajstić information content (AvgIpc) is 3.63. The van der Waals surface area contributed by atoms with Crippen LogP contribution in [0.5, 0.6) is 0 Å². The Morgan fingerprint density at radius 1 is 0.879 bits per heavy atom. The summed E-state index contributed by atoms with van der Waals surface area (Å²) >= 11 is 0. The van der Waals surface area contributed by atoms with Crippen LogP contribution in [0.15, 0.2) is 60.7 Å². The minimum atomic E-state index is -1.14. The fourth-order valence-electron chi connectivity index (χ4n) is 4.51. The minimum absolute atomic E-state index is 0.00789. The van der Waals surface area contributed by atoms with Crippen LogP contribution in [0.4, 0.5) is 0 Å². The number of ether oxygens (including phenoxy) is 6. The van der Waals surface area contributed by atoms with E-state index >= 15 is 0 Å². The van der Waals surface area contributed by atoms with Gasteiger partial charge in [0.2, 0.25) is 0 Å². The molecule has 3 aliphatic rings. The summed E-state index contributed by atoms with van der Waals surface area (Å²) in [6, 6.07) is 21.3. The van der Waals surface area contributed by atoms with Crippen molar-refractivity contribution in [2.75, 3.05) is 20.0 Å². The summed E-state index contributed by atoms with van der Waals surface area (Å²) in [7, 11) is -1.14. The van der Waals surface area contributed by atoms with Crippen LogP contribution in [-0.4, -0.2) is 58.6 Å². The third kappa shape index (κ3) is 5.57. The molecule has 5 rings (SSSR count). The van der Waals surface area contributed by atoms with Crippen LogP contribution in [0.3, 0.4) is 0 Å². The minimum Gasteiger partial charge on any atom is -0.364 e. The van der Waals surface area contributed by atoms with Gasteiger partial charge in [-0.15, -0.1) is 0 Å². The first kappa shape index (κ1) is 23.2. The van der Waals surface area contributed by atoms with Crippen molar-refractivity contribution in [1.29, 1.82) is 0 Å². The van der Waals surface area contributed by atoms with E-state index in [-0.39, 0.29) is 43.4 Å². The lowest BCUT2D eigenvalue weighted by molar-refractivity contribution is -0.291. The van der Waals surface area contributed by atoms with Crippen molar-refractivity contribution in [3.63, 3.8) is 0 Å². The van der Waals surface area contributed by atoms with E-state index in [4.69, 9.17) is 28.4 Å². The van der Waals surface area contributed by atoms with Gasteiger partial charge in [-0.25, -0.2) is 0 Å². The number of benzene rings is 2. The molecular formula is C26H34O6Si. The summed E-state index contributed by atoms with van der Waals surface area (Å²) in [5.74, 6) is 0. The number of epoxide rings is 1. The van der Waals surface area contributed by atoms with Gasteiger partial charge in [0.25, 0.3) is 0 Å². The first-order valence-electron chi connectivity index (χ1n) is 11.9. The van der Waals surface area contributed by atoms with Crippen LogP contribution >= 0.6 is 0 Å². The van der Waals surface area contributed by atoms with Gasteiger partial charge in [-0.3, -0.25) is 0 Å². The van der Waals surface area contributed by atoms with Crippen molar-refractivity contribution >= 4 is 8.07 Å². The molecule has 0 saturated carbocycles. The lowest BCUT2D eigenvalue weighted by Crippen LogP contribution is -2.53. The van der Waals surface area contributed by atoms with Crippen LogP contribution in [0.1, 0.15) is 23.5 Å².